The Balaban J connectivity index is 1.90. The highest BCUT2D eigenvalue weighted by atomic mass is 16.5. The smallest absolute Gasteiger partial charge is 0.222 e. The molecule has 0 unspecified atom stereocenters. The van der Waals surface area contributed by atoms with Crippen LogP contribution < -0.4 is 9.47 Å². The van der Waals surface area contributed by atoms with Gasteiger partial charge in [-0.3, -0.25) is 9.59 Å². The van der Waals surface area contributed by atoms with Gasteiger partial charge in [0.1, 0.15) is 5.78 Å². The SMILES string of the molecule is COc1ccc(CCC(=O)N2CCC(=O)CC2)cc1OC. The number of hydrogen-bond donors (Lipinski definition) is 0. The average molecular weight is 291 g/mol. The summed E-state index contributed by atoms with van der Waals surface area (Å²) in [7, 11) is 3.19. The summed E-state index contributed by atoms with van der Waals surface area (Å²) in [4.78, 5) is 25.1. The molecule has 5 nitrogen and oxygen atoms in total. The van der Waals surface area contributed by atoms with Crippen molar-refractivity contribution in [1.29, 1.82) is 0 Å². The van der Waals surface area contributed by atoms with Crippen molar-refractivity contribution < 1.29 is 19.1 Å². The Morgan fingerprint density at radius 1 is 1.14 bits per heavy atom. The van der Waals surface area contributed by atoms with E-state index in [9.17, 15) is 9.59 Å². The summed E-state index contributed by atoms with van der Waals surface area (Å²) >= 11 is 0. The Hall–Kier alpha value is -2.04. The van der Waals surface area contributed by atoms with Gasteiger partial charge < -0.3 is 14.4 Å². The van der Waals surface area contributed by atoms with Gasteiger partial charge in [0.15, 0.2) is 11.5 Å². The number of carbonyl (C=O) groups is 2. The molecule has 114 valence electrons. The maximum Gasteiger partial charge on any atom is 0.222 e. The lowest BCUT2D eigenvalue weighted by Gasteiger charge is -2.26. The van der Waals surface area contributed by atoms with Crippen molar-refractivity contribution in [3.8, 4) is 11.5 Å². The normalized spacial score (nSPS) is 15.0. The van der Waals surface area contributed by atoms with E-state index >= 15 is 0 Å². The molecule has 1 heterocycles. The number of hydrogen-bond acceptors (Lipinski definition) is 4. The van der Waals surface area contributed by atoms with Crippen LogP contribution in [0.4, 0.5) is 0 Å². The Labute approximate surface area is 124 Å². The quantitative estimate of drug-likeness (QED) is 0.830. The fraction of sp³-hybridized carbons (Fsp3) is 0.500. The van der Waals surface area contributed by atoms with E-state index in [1.165, 1.54) is 0 Å². The molecule has 0 saturated carbocycles. The van der Waals surface area contributed by atoms with Crippen LogP contribution in [0.25, 0.3) is 0 Å². The Morgan fingerprint density at radius 3 is 2.43 bits per heavy atom. The van der Waals surface area contributed by atoms with Gasteiger partial charge in [-0.25, -0.2) is 0 Å². The van der Waals surface area contributed by atoms with E-state index in [1.807, 2.05) is 18.2 Å². The summed E-state index contributed by atoms with van der Waals surface area (Å²) in [6, 6.07) is 5.68. The lowest BCUT2D eigenvalue weighted by molar-refractivity contribution is -0.134. The van der Waals surface area contributed by atoms with Gasteiger partial charge in [0.2, 0.25) is 5.91 Å². The van der Waals surface area contributed by atoms with Gasteiger partial charge in [-0.2, -0.15) is 0 Å². The van der Waals surface area contributed by atoms with Crippen LogP contribution in [0.1, 0.15) is 24.8 Å². The summed E-state index contributed by atoms with van der Waals surface area (Å²) in [5, 5.41) is 0. The van der Waals surface area contributed by atoms with E-state index in [0.29, 0.717) is 50.3 Å². The molecule has 0 aromatic heterocycles. The number of benzene rings is 1. The van der Waals surface area contributed by atoms with Crippen LogP contribution in [0, 0.1) is 0 Å². The highest BCUT2D eigenvalue weighted by Crippen LogP contribution is 2.28. The topological polar surface area (TPSA) is 55.8 Å². The zero-order chi connectivity index (χ0) is 15.2. The first-order valence-corrected chi connectivity index (χ1v) is 7.14. The molecule has 1 saturated heterocycles. The molecule has 0 atom stereocenters. The minimum atomic E-state index is 0.109. The van der Waals surface area contributed by atoms with Gasteiger partial charge >= 0.3 is 0 Å². The number of methoxy groups -OCH3 is 2. The van der Waals surface area contributed by atoms with Gasteiger partial charge in [0.05, 0.1) is 14.2 Å². The number of rotatable bonds is 5. The molecule has 1 aliphatic rings. The van der Waals surface area contributed by atoms with Crippen LogP contribution in [0.5, 0.6) is 11.5 Å². The number of amides is 1. The molecule has 0 spiro atoms. The minimum absolute atomic E-state index is 0.109. The molecule has 21 heavy (non-hydrogen) atoms. The first-order chi connectivity index (χ1) is 10.1. The van der Waals surface area contributed by atoms with Gasteiger partial charge in [-0.1, -0.05) is 6.07 Å². The standard InChI is InChI=1S/C16H21NO4/c1-20-14-5-3-12(11-15(14)21-2)4-6-16(19)17-9-7-13(18)8-10-17/h3,5,11H,4,6-10H2,1-2H3. The first kappa shape index (κ1) is 15.4. The average Bonchev–Trinajstić information content (AvgIpc) is 2.52. The van der Waals surface area contributed by atoms with Gasteiger partial charge in [-0.15, -0.1) is 0 Å². The molecule has 2 rings (SSSR count). The fourth-order valence-electron chi connectivity index (χ4n) is 2.45. The molecule has 0 N–H and O–H groups in total. The van der Waals surface area contributed by atoms with Gasteiger partial charge in [0.25, 0.3) is 0 Å². The van der Waals surface area contributed by atoms with Crippen LogP contribution >= 0.6 is 0 Å². The van der Waals surface area contributed by atoms with E-state index in [-0.39, 0.29) is 11.7 Å². The summed E-state index contributed by atoms with van der Waals surface area (Å²) in [6.07, 6.45) is 2.08. The van der Waals surface area contributed by atoms with Crippen molar-refractivity contribution in [1.82, 2.24) is 4.90 Å². The number of carbonyl (C=O) groups excluding carboxylic acids is 2. The Bertz CT molecular complexity index is 517. The zero-order valence-corrected chi connectivity index (χ0v) is 12.6. The summed E-state index contributed by atoms with van der Waals surface area (Å²) in [5.41, 5.74) is 1.04. The van der Waals surface area contributed by atoms with Crippen LogP contribution in [0.2, 0.25) is 0 Å². The number of ether oxygens (including phenoxy) is 2. The Kier molecular flexibility index (Phi) is 5.20. The third-order valence-electron chi connectivity index (χ3n) is 3.75. The van der Waals surface area contributed by atoms with E-state index < -0.39 is 0 Å². The molecule has 0 aliphatic carbocycles. The maximum absolute atomic E-state index is 12.1. The number of ketones is 1. The number of aryl methyl sites for hydroxylation is 1. The largest absolute Gasteiger partial charge is 0.493 e. The number of likely N-dealkylation sites (tertiary alicyclic amines) is 1. The van der Waals surface area contributed by atoms with Crippen molar-refractivity contribution in [3.63, 3.8) is 0 Å². The maximum atomic E-state index is 12.1. The van der Waals surface area contributed by atoms with Crippen molar-refractivity contribution >= 4 is 11.7 Å². The summed E-state index contributed by atoms with van der Waals surface area (Å²) in [6.45, 7) is 1.12. The number of nitrogens with zero attached hydrogens (tertiary/aromatic N) is 1. The second kappa shape index (κ2) is 7.11. The molecule has 1 amide bonds. The van der Waals surface area contributed by atoms with Crippen molar-refractivity contribution in [2.45, 2.75) is 25.7 Å². The lowest BCUT2D eigenvalue weighted by Crippen LogP contribution is -2.38. The van der Waals surface area contributed by atoms with Crippen LogP contribution in [-0.2, 0) is 16.0 Å². The third kappa shape index (κ3) is 3.97. The number of piperidine rings is 1. The van der Waals surface area contributed by atoms with Crippen molar-refractivity contribution in [2.75, 3.05) is 27.3 Å². The highest BCUT2D eigenvalue weighted by molar-refractivity contribution is 5.83. The molecular formula is C16H21NO4. The zero-order valence-electron chi connectivity index (χ0n) is 12.6. The van der Waals surface area contributed by atoms with Gasteiger partial charge in [-0.05, 0) is 24.1 Å². The second-order valence-corrected chi connectivity index (χ2v) is 5.11. The fourth-order valence-corrected chi connectivity index (χ4v) is 2.45. The molecular weight excluding hydrogens is 270 g/mol. The van der Waals surface area contributed by atoms with Crippen molar-refractivity contribution in [3.05, 3.63) is 23.8 Å². The molecule has 1 fully saturated rings. The van der Waals surface area contributed by atoms with Crippen LogP contribution in [0.3, 0.4) is 0 Å². The first-order valence-electron chi connectivity index (χ1n) is 7.14. The monoisotopic (exact) mass is 291 g/mol. The minimum Gasteiger partial charge on any atom is -0.493 e. The van der Waals surface area contributed by atoms with Crippen LogP contribution in [0.15, 0.2) is 18.2 Å². The highest BCUT2D eigenvalue weighted by Gasteiger charge is 2.20. The molecule has 1 aromatic rings. The summed E-state index contributed by atoms with van der Waals surface area (Å²) in [5.74, 6) is 1.71. The van der Waals surface area contributed by atoms with E-state index in [4.69, 9.17) is 9.47 Å². The third-order valence-corrected chi connectivity index (χ3v) is 3.75. The molecule has 1 aromatic carbocycles. The molecule has 0 radical (unpaired) electrons. The van der Waals surface area contributed by atoms with E-state index in [0.717, 1.165) is 5.56 Å². The predicted molar refractivity (Wildman–Crippen MR) is 78.7 cm³/mol. The van der Waals surface area contributed by atoms with Gasteiger partial charge in [0, 0.05) is 32.4 Å². The predicted octanol–water partition coefficient (Wildman–Crippen LogP) is 1.83. The van der Waals surface area contributed by atoms with Crippen LogP contribution in [-0.4, -0.2) is 43.9 Å². The summed E-state index contributed by atoms with van der Waals surface area (Å²) < 4.78 is 10.4. The van der Waals surface area contributed by atoms with E-state index in [1.54, 1.807) is 19.1 Å². The molecule has 0 bridgehead atoms. The number of Topliss-reactive ketones (excluding diaryl/α,β-unsaturated/α-hetero) is 1. The molecule has 1 aliphatic heterocycles. The van der Waals surface area contributed by atoms with E-state index in [2.05, 4.69) is 0 Å². The Morgan fingerprint density at radius 2 is 1.81 bits per heavy atom. The van der Waals surface area contributed by atoms with Crippen molar-refractivity contribution in [2.24, 2.45) is 0 Å². The molecule has 5 heteroatoms. The second-order valence-electron chi connectivity index (χ2n) is 5.11. The lowest BCUT2D eigenvalue weighted by atomic mass is 10.1.